The fourth-order valence-corrected chi connectivity index (χ4v) is 3.18. The van der Waals surface area contributed by atoms with E-state index in [0.717, 1.165) is 5.92 Å². The van der Waals surface area contributed by atoms with Crippen molar-refractivity contribution in [2.24, 2.45) is 11.3 Å². The number of hydrogen-bond acceptors (Lipinski definition) is 0. The molecule has 0 atom stereocenters. The lowest BCUT2D eigenvalue weighted by atomic mass is 9.70. The molecular formula is C16H34. The Morgan fingerprint density at radius 2 is 1.25 bits per heavy atom. The molecule has 0 heterocycles. The Morgan fingerprint density at radius 1 is 0.750 bits per heavy atom. The SMILES string of the molecule is CCCCC(CCC)(CCCC)CC(C)C. The van der Waals surface area contributed by atoms with Gasteiger partial charge in [0.15, 0.2) is 0 Å². The van der Waals surface area contributed by atoms with E-state index in [9.17, 15) is 0 Å². The van der Waals surface area contributed by atoms with Crippen LogP contribution in [0.2, 0.25) is 0 Å². The third-order valence-electron chi connectivity index (χ3n) is 3.74. The Labute approximate surface area is 104 Å². The molecule has 0 rings (SSSR count). The molecule has 0 bridgehead atoms. The van der Waals surface area contributed by atoms with Crippen LogP contribution < -0.4 is 0 Å². The first-order chi connectivity index (χ1) is 7.60. The van der Waals surface area contributed by atoms with E-state index in [1.165, 1.54) is 57.8 Å². The predicted molar refractivity (Wildman–Crippen MR) is 75.8 cm³/mol. The van der Waals surface area contributed by atoms with Crippen molar-refractivity contribution in [1.82, 2.24) is 0 Å². The van der Waals surface area contributed by atoms with Crippen molar-refractivity contribution in [2.75, 3.05) is 0 Å². The van der Waals surface area contributed by atoms with Gasteiger partial charge in [-0.2, -0.15) is 0 Å². The van der Waals surface area contributed by atoms with E-state index in [2.05, 4.69) is 34.6 Å². The summed E-state index contributed by atoms with van der Waals surface area (Å²) >= 11 is 0. The van der Waals surface area contributed by atoms with E-state index < -0.39 is 0 Å². The lowest BCUT2D eigenvalue weighted by molar-refractivity contribution is 0.161. The van der Waals surface area contributed by atoms with Gasteiger partial charge in [0, 0.05) is 0 Å². The third kappa shape index (κ3) is 6.55. The van der Waals surface area contributed by atoms with Gasteiger partial charge in [0.25, 0.3) is 0 Å². The number of rotatable bonds is 10. The van der Waals surface area contributed by atoms with Crippen LogP contribution in [0.4, 0.5) is 0 Å². The highest BCUT2D eigenvalue weighted by Crippen LogP contribution is 2.41. The molecule has 16 heavy (non-hydrogen) atoms. The zero-order valence-electron chi connectivity index (χ0n) is 12.4. The zero-order valence-corrected chi connectivity index (χ0v) is 12.4. The Hall–Kier alpha value is 0. The summed E-state index contributed by atoms with van der Waals surface area (Å²) in [5, 5.41) is 0. The summed E-state index contributed by atoms with van der Waals surface area (Å²) in [4.78, 5) is 0. The summed E-state index contributed by atoms with van der Waals surface area (Å²) in [6.45, 7) is 11.8. The maximum atomic E-state index is 2.39. The Kier molecular flexibility index (Phi) is 9.07. The minimum atomic E-state index is 0.676. The van der Waals surface area contributed by atoms with E-state index in [4.69, 9.17) is 0 Å². The average molecular weight is 226 g/mol. The van der Waals surface area contributed by atoms with Crippen molar-refractivity contribution < 1.29 is 0 Å². The van der Waals surface area contributed by atoms with Crippen LogP contribution in [-0.4, -0.2) is 0 Å². The monoisotopic (exact) mass is 226 g/mol. The highest BCUT2D eigenvalue weighted by molar-refractivity contribution is 4.80. The molecule has 0 fully saturated rings. The van der Waals surface area contributed by atoms with Gasteiger partial charge in [-0.1, -0.05) is 66.7 Å². The first-order valence-electron chi connectivity index (χ1n) is 7.60. The molecule has 0 heteroatoms. The van der Waals surface area contributed by atoms with Crippen LogP contribution in [0, 0.1) is 11.3 Å². The molecule has 0 amide bonds. The average Bonchev–Trinajstić information content (AvgIpc) is 2.23. The molecule has 98 valence electrons. The maximum Gasteiger partial charge on any atom is -0.0295 e. The molecule has 0 radical (unpaired) electrons. The minimum Gasteiger partial charge on any atom is -0.0654 e. The van der Waals surface area contributed by atoms with Crippen molar-refractivity contribution in [3.05, 3.63) is 0 Å². The summed E-state index contributed by atoms with van der Waals surface area (Å²) in [5.74, 6) is 0.861. The van der Waals surface area contributed by atoms with E-state index in [1.807, 2.05) is 0 Å². The number of unbranched alkanes of at least 4 members (excludes halogenated alkanes) is 2. The zero-order chi connectivity index (χ0) is 12.4. The predicted octanol–water partition coefficient (Wildman–Crippen LogP) is 6.20. The second-order valence-corrected chi connectivity index (χ2v) is 6.06. The van der Waals surface area contributed by atoms with Gasteiger partial charge in [0.1, 0.15) is 0 Å². The maximum absolute atomic E-state index is 2.39. The molecular weight excluding hydrogens is 192 g/mol. The molecule has 0 saturated heterocycles. The second kappa shape index (κ2) is 9.07. The second-order valence-electron chi connectivity index (χ2n) is 6.06. The summed E-state index contributed by atoms with van der Waals surface area (Å²) in [6.07, 6.45) is 12.8. The van der Waals surface area contributed by atoms with Crippen molar-refractivity contribution in [1.29, 1.82) is 0 Å². The Balaban J connectivity index is 4.45. The van der Waals surface area contributed by atoms with Gasteiger partial charge in [-0.15, -0.1) is 0 Å². The van der Waals surface area contributed by atoms with E-state index >= 15 is 0 Å². The van der Waals surface area contributed by atoms with Crippen LogP contribution in [0.5, 0.6) is 0 Å². The van der Waals surface area contributed by atoms with Gasteiger partial charge < -0.3 is 0 Å². The van der Waals surface area contributed by atoms with E-state index in [-0.39, 0.29) is 0 Å². The van der Waals surface area contributed by atoms with Crippen molar-refractivity contribution in [3.63, 3.8) is 0 Å². The number of hydrogen-bond donors (Lipinski definition) is 0. The molecule has 0 aromatic heterocycles. The first-order valence-corrected chi connectivity index (χ1v) is 7.60. The van der Waals surface area contributed by atoms with Gasteiger partial charge in [0.2, 0.25) is 0 Å². The molecule has 0 aromatic carbocycles. The van der Waals surface area contributed by atoms with Gasteiger partial charge in [-0.3, -0.25) is 0 Å². The highest BCUT2D eigenvalue weighted by Gasteiger charge is 2.28. The molecule has 0 N–H and O–H groups in total. The van der Waals surface area contributed by atoms with Crippen molar-refractivity contribution in [2.45, 2.75) is 92.4 Å². The van der Waals surface area contributed by atoms with Crippen LogP contribution >= 0.6 is 0 Å². The molecule has 0 aliphatic carbocycles. The van der Waals surface area contributed by atoms with Crippen LogP contribution in [0.25, 0.3) is 0 Å². The summed E-state index contributed by atoms with van der Waals surface area (Å²) < 4.78 is 0. The van der Waals surface area contributed by atoms with Gasteiger partial charge in [-0.05, 0) is 37.0 Å². The van der Waals surface area contributed by atoms with Crippen LogP contribution in [0.3, 0.4) is 0 Å². The molecule has 0 saturated carbocycles. The largest absolute Gasteiger partial charge is 0.0654 e. The molecule has 0 unspecified atom stereocenters. The lowest BCUT2D eigenvalue weighted by Gasteiger charge is -2.36. The van der Waals surface area contributed by atoms with E-state index in [1.54, 1.807) is 0 Å². The Bertz CT molecular complexity index is 138. The van der Waals surface area contributed by atoms with Gasteiger partial charge in [0.05, 0.1) is 0 Å². The molecule has 0 spiro atoms. The first kappa shape index (κ1) is 16.0. The smallest absolute Gasteiger partial charge is 0.0295 e. The van der Waals surface area contributed by atoms with Crippen LogP contribution in [0.15, 0.2) is 0 Å². The standard InChI is InChI=1S/C16H34/c1-6-9-12-16(11-8-3,13-10-7-2)14-15(4)5/h15H,6-14H2,1-5H3. The highest BCUT2D eigenvalue weighted by atomic mass is 14.3. The topological polar surface area (TPSA) is 0 Å². The fraction of sp³-hybridized carbons (Fsp3) is 1.00. The summed E-state index contributed by atoms with van der Waals surface area (Å²) in [7, 11) is 0. The molecule has 0 aliphatic rings. The molecule has 0 nitrogen and oxygen atoms in total. The quantitative estimate of drug-likeness (QED) is 0.416. The molecule has 0 aromatic rings. The van der Waals surface area contributed by atoms with Gasteiger partial charge in [-0.25, -0.2) is 0 Å². The van der Waals surface area contributed by atoms with Gasteiger partial charge >= 0.3 is 0 Å². The molecule has 0 aliphatic heterocycles. The Morgan fingerprint density at radius 3 is 1.56 bits per heavy atom. The third-order valence-corrected chi connectivity index (χ3v) is 3.74. The minimum absolute atomic E-state index is 0.676. The summed E-state index contributed by atoms with van der Waals surface area (Å²) in [6, 6.07) is 0. The van der Waals surface area contributed by atoms with E-state index in [0.29, 0.717) is 5.41 Å². The van der Waals surface area contributed by atoms with Crippen molar-refractivity contribution in [3.8, 4) is 0 Å². The summed E-state index contributed by atoms with van der Waals surface area (Å²) in [5.41, 5.74) is 0.676. The van der Waals surface area contributed by atoms with Crippen LogP contribution in [0.1, 0.15) is 92.4 Å². The normalized spacial score (nSPS) is 12.4. The van der Waals surface area contributed by atoms with Crippen LogP contribution in [-0.2, 0) is 0 Å². The lowest BCUT2D eigenvalue weighted by Crippen LogP contribution is -2.23. The fourth-order valence-electron chi connectivity index (χ4n) is 3.18. The van der Waals surface area contributed by atoms with Crippen molar-refractivity contribution >= 4 is 0 Å².